The molecule has 0 radical (unpaired) electrons. The SMILES string of the molecule is CC=Cc1ccccc1OC(C)CCCNC. The van der Waals surface area contributed by atoms with Gasteiger partial charge in [-0.15, -0.1) is 0 Å². The molecule has 1 rings (SSSR count). The molecular weight excluding hydrogens is 210 g/mol. The van der Waals surface area contributed by atoms with Crippen molar-refractivity contribution in [3.63, 3.8) is 0 Å². The molecule has 0 saturated carbocycles. The van der Waals surface area contributed by atoms with Crippen molar-refractivity contribution in [3.8, 4) is 5.75 Å². The molecule has 0 amide bonds. The molecule has 2 nitrogen and oxygen atoms in total. The van der Waals surface area contributed by atoms with Crippen molar-refractivity contribution in [2.75, 3.05) is 13.6 Å². The Hall–Kier alpha value is -1.28. The van der Waals surface area contributed by atoms with Crippen LogP contribution in [0, 0.1) is 0 Å². The molecule has 1 atom stereocenters. The molecule has 0 aliphatic rings. The normalized spacial score (nSPS) is 12.9. The van der Waals surface area contributed by atoms with Gasteiger partial charge in [0.15, 0.2) is 0 Å². The summed E-state index contributed by atoms with van der Waals surface area (Å²) in [5.41, 5.74) is 1.15. The second-order valence-electron chi connectivity index (χ2n) is 4.21. The highest BCUT2D eigenvalue weighted by Crippen LogP contribution is 2.21. The van der Waals surface area contributed by atoms with Gasteiger partial charge >= 0.3 is 0 Å². The van der Waals surface area contributed by atoms with Crippen LogP contribution in [0.2, 0.25) is 0 Å². The topological polar surface area (TPSA) is 21.3 Å². The van der Waals surface area contributed by atoms with Crippen LogP contribution in [0.3, 0.4) is 0 Å². The first-order valence-corrected chi connectivity index (χ1v) is 6.31. The first kappa shape index (κ1) is 13.8. The quantitative estimate of drug-likeness (QED) is 0.728. The molecule has 1 N–H and O–H groups in total. The van der Waals surface area contributed by atoms with Gasteiger partial charge in [-0.1, -0.05) is 30.4 Å². The Labute approximate surface area is 105 Å². The predicted molar refractivity (Wildman–Crippen MR) is 74.4 cm³/mol. The van der Waals surface area contributed by atoms with Gasteiger partial charge in [-0.2, -0.15) is 0 Å². The summed E-state index contributed by atoms with van der Waals surface area (Å²) in [6.07, 6.45) is 6.59. The smallest absolute Gasteiger partial charge is 0.126 e. The summed E-state index contributed by atoms with van der Waals surface area (Å²) in [6, 6.07) is 8.16. The molecule has 17 heavy (non-hydrogen) atoms. The van der Waals surface area contributed by atoms with Crippen molar-refractivity contribution in [2.24, 2.45) is 0 Å². The van der Waals surface area contributed by atoms with Gasteiger partial charge in [-0.3, -0.25) is 0 Å². The van der Waals surface area contributed by atoms with Crippen LogP contribution >= 0.6 is 0 Å². The summed E-state index contributed by atoms with van der Waals surface area (Å²) < 4.78 is 5.97. The highest BCUT2D eigenvalue weighted by atomic mass is 16.5. The number of benzene rings is 1. The lowest BCUT2D eigenvalue weighted by Gasteiger charge is -2.16. The van der Waals surface area contributed by atoms with Crippen LogP contribution in [0.4, 0.5) is 0 Å². The maximum absolute atomic E-state index is 5.97. The van der Waals surface area contributed by atoms with Crippen LogP contribution in [0.15, 0.2) is 30.3 Å². The highest BCUT2D eigenvalue weighted by molar-refractivity contribution is 5.56. The van der Waals surface area contributed by atoms with E-state index in [1.807, 2.05) is 38.2 Å². The van der Waals surface area contributed by atoms with Crippen LogP contribution in [-0.4, -0.2) is 19.7 Å². The summed E-state index contributed by atoms with van der Waals surface area (Å²) in [5, 5.41) is 3.15. The van der Waals surface area contributed by atoms with E-state index in [9.17, 15) is 0 Å². The Morgan fingerprint density at radius 2 is 2.12 bits per heavy atom. The van der Waals surface area contributed by atoms with E-state index >= 15 is 0 Å². The Bertz CT molecular complexity index is 347. The third-order valence-electron chi connectivity index (χ3n) is 2.63. The van der Waals surface area contributed by atoms with Crippen LogP contribution in [-0.2, 0) is 0 Å². The summed E-state index contributed by atoms with van der Waals surface area (Å²) in [6.45, 7) is 5.19. The molecule has 0 aliphatic heterocycles. The number of rotatable bonds is 7. The Balaban J connectivity index is 2.55. The number of hydrogen-bond acceptors (Lipinski definition) is 2. The monoisotopic (exact) mass is 233 g/mol. The second kappa shape index (κ2) is 7.91. The van der Waals surface area contributed by atoms with E-state index in [1.54, 1.807) is 0 Å². The van der Waals surface area contributed by atoms with E-state index in [0.29, 0.717) is 0 Å². The van der Waals surface area contributed by atoms with Crippen molar-refractivity contribution in [1.29, 1.82) is 0 Å². The zero-order valence-corrected chi connectivity index (χ0v) is 11.1. The maximum Gasteiger partial charge on any atom is 0.126 e. The number of allylic oxidation sites excluding steroid dienone is 1. The van der Waals surface area contributed by atoms with Gasteiger partial charge in [0.2, 0.25) is 0 Å². The van der Waals surface area contributed by atoms with Gasteiger partial charge in [0.1, 0.15) is 5.75 Å². The minimum Gasteiger partial charge on any atom is -0.490 e. The third kappa shape index (κ3) is 5.05. The fraction of sp³-hybridized carbons (Fsp3) is 0.467. The van der Waals surface area contributed by atoms with Gasteiger partial charge < -0.3 is 10.1 Å². The third-order valence-corrected chi connectivity index (χ3v) is 2.63. The molecule has 0 saturated heterocycles. The second-order valence-corrected chi connectivity index (χ2v) is 4.21. The van der Waals surface area contributed by atoms with E-state index in [2.05, 4.69) is 24.4 Å². The van der Waals surface area contributed by atoms with Crippen molar-refractivity contribution in [3.05, 3.63) is 35.9 Å². The lowest BCUT2D eigenvalue weighted by molar-refractivity contribution is 0.207. The number of ether oxygens (including phenoxy) is 1. The maximum atomic E-state index is 5.97. The Morgan fingerprint density at radius 3 is 2.82 bits per heavy atom. The van der Waals surface area contributed by atoms with Gasteiger partial charge in [-0.05, 0) is 46.3 Å². The molecular formula is C15H23NO. The molecule has 1 unspecified atom stereocenters. The Kier molecular flexibility index (Phi) is 6.41. The zero-order valence-electron chi connectivity index (χ0n) is 11.1. The standard InChI is InChI=1S/C15H23NO/c1-4-8-14-10-5-6-11-15(14)17-13(2)9-7-12-16-3/h4-6,8,10-11,13,16H,7,9,12H2,1-3H3. The number of para-hydroxylation sites is 1. The summed E-state index contributed by atoms with van der Waals surface area (Å²) in [4.78, 5) is 0. The van der Waals surface area contributed by atoms with Crippen LogP contribution in [0.25, 0.3) is 6.08 Å². The van der Waals surface area contributed by atoms with Gasteiger partial charge in [0.05, 0.1) is 6.10 Å². The number of hydrogen-bond donors (Lipinski definition) is 1. The molecule has 2 heteroatoms. The molecule has 94 valence electrons. The highest BCUT2D eigenvalue weighted by Gasteiger charge is 2.05. The Morgan fingerprint density at radius 1 is 1.35 bits per heavy atom. The lowest BCUT2D eigenvalue weighted by atomic mass is 10.1. The average molecular weight is 233 g/mol. The lowest BCUT2D eigenvalue weighted by Crippen LogP contribution is -2.16. The largest absolute Gasteiger partial charge is 0.490 e. The molecule has 0 aromatic heterocycles. The zero-order chi connectivity index (χ0) is 12.5. The molecule has 0 fully saturated rings. The van der Waals surface area contributed by atoms with E-state index in [-0.39, 0.29) is 6.10 Å². The van der Waals surface area contributed by atoms with E-state index in [4.69, 9.17) is 4.74 Å². The molecule has 1 aromatic rings. The van der Waals surface area contributed by atoms with Gasteiger partial charge in [0.25, 0.3) is 0 Å². The first-order chi connectivity index (χ1) is 8.27. The fourth-order valence-corrected chi connectivity index (χ4v) is 1.75. The summed E-state index contributed by atoms with van der Waals surface area (Å²) in [5.74, 6) is 0.975. The van der Waals surface area contributed by atoms with Gasteiger partial charge in [-0.25, -0.2) is 0 Å². The van der Waals surface area contributed by atoms with Gasteiger partial charge in [0, 0.05) is 5.56 Å². The van der Waals surface area contributed by atoms with Crippen molar-refractivity contribution >= 4 is 6.08 Å². The molecule has 0 heterocycles. The van der Waals surface area contributed by atoms with Crippen molar-refractivity contribution in [2.45, 2.75) is 32.8 Å². The van der Waals surface area contributed by atoms with E-state index in [0.717, 1.165) is 30.7 Å². The predicted octanol–water partition coefficient (Wildman–Crippen LogP) is 3.49. The van der Waals surface area contributed by atoms with Crippen LogP contribution in [0.1, 0.15) is 32.3 Å². The van der Waals surface area contributed by atoms with E-state index < -0.39 is 0 Å². The summed E-state index contributed by atoms with van der Waals surface area (Å²) >= 11 is 0. The fourth-order valence-electron chi connectivity index (χ4n) is 1.75. The van der Waals surface area contributed by atoms with Crippen molar-refractivity contribution < 1.29 is 4.74 Å². The molecule has 0 spiro atoms. The summed E-state index contributed by atoms with van der Waals surface area (Å²) in [7, 11) is 1.98. The minimum absolute atomic E-state index is 0.259. The molecule has 1 aromatic carbocycles. The van der Waals surface area contributed by atoms with E-state index in [1.165, 1.54) is 0 Å². The van der Waals surface area contributed by atoms with Crippen LogP contribution < -0.4 is 10.1 Å². The first-order valence-electron chi connectivity index (χ1n) is 6.31. The minimum atomic E-state index is 0.259. The molecule has 0 bridgehead atoms. The average Bonchev–Trinajstić information content (AvgIpc) is 2.32. The number of nitrogens with one attached hydrogen (secondary N) is 1. The van der Waals surface area contributed by atoms with Crippen LogP contribution in [0.5, 0.6) is 5.75 Å². The van der Waals surface area contributed by atoms with Crippen molar-refractivity contribution in [1.82, 2.24) is 5.32 Å². The molecule has 0 aliphatic carbocycles.